The summed E-state index contributed by atoms with van der Waals surface area (Å²) < 4.78 is 92.5. The molecule has 112 valence electrons. The van der Waals surface area contributed by atoms with Crippen molar-refractivity contribution in [3.63, 3.8) is 0 Å². The Balaban J connectivity index is 3.55. The van der Waals surface area contributed by atoms with Gasteiger partial charge in [0.25, 0.3) is 0 Å². The second-order valence-electron chi connectivity index (χ2n) is 3.60. The average molecular weight is 304 g/mol. The lowest BCUT2D eigenvalue weighted by atomic mass is 10.0. The van der Waals surface area contributed by atoms with Crippen molar-refractivity contribution in [2.75, 3.05) is 6.61 Å². The normalized spacial score (nSPS) is 12.4. The van der Waals surface area contributed by atoms with Crippen LogP contribution in [0.5, 0.6) is 0 Å². The SMILES string of the molecule is CCOC(=O)c1cc(C(F)(F)F)c(F)c(C(F)(F)F)c1. The number of hydrogen-bond acceptors (Lipinski definition) is 2. The number of carbonyl (C=O) groups is 1. The topological polar surface area (TPSA) is 26.3 Å². The Labute approximate surface area is 108 Å². The van der Waals surface area contributed by atoms with Gasteiger partial charge in [0.15, 0.2) is 0 Å². The third kappa shape index (κ3) is 3.40. The Hall–Kier alpha value is -1.80. The molecule has 0 aliphatic rings. The fourth-order valence-corrected chi connectivity index (χ4v) is 1.37. The van der Waals surface area contributed by atoms with Crippen molar-refractivity contribution < 1.29 is 40.3 Å². The van der Waals surface area contributed by atoms with Crippen LogP contribution in [0, 0.1) is 5.82 Å². The van der Waals surface area contributed by atoms with Crippen LogP contribution in [0.15, 0.2) is 12.1 Å². The molecule has 0 N–H and O–H groups in total. The van der Waals surface area contributed by atoms with E-state index in [4.69, 9.17) is 0 Å². The highest BCUT2D eigenvalue weighted by atomic mass is 19.4. The molecule has 20 heavy (non-hydrogen) atoms. The Kier molecular flexibility index (Phi) is 4.30. The van der Waals surface area contributed by atoms with Gasteiger partial charge in [0.2, 0.25) is 0 Å². The number of ether oxygens (including phenoxy) is 1. The predicted octanol–water partition coefficient (Wildman–Crippen LogP) is 4.04. The van der Waals surface area contributed by atoms with E-state index in [2.05, 4.69) is 4.74 Å². The Morgan fingerprint density at radius 1 is 1.05 bits per heavy atom. The Bertz CT molecular complexity index is 481. The van der Waals surface area contributed by atoms with E-state index in [1.807, 2.05) is 0 Å². The zero-order valence-corrected chi connectivity index (χ0v) is 9.82. The van der Waals surface area contributed by atoms with Gasteiger partial charge in [-0.3, -0.25) is 0 Å². The molecule has 0 fully saturated rings. The molecule has 0 unspecified atom stereocenters. The minimum Gasteiger partial charge on any atom is -0.462 e. The van der Waals surface area contributed by atoms with E-state index in [1.165, 1.54) is 6.92 Å². The molecule has 9 heteroatoms. The van der Waals surface area contributed by atoms with Gasteiger partial charge in [-0.25, -0.2) is 9.18 Å². The molecule has 1 aromatic rings. The van der Waals surface area contributed by atoms with Gasteiger partial charge in [-0.1, -0.05) is 0 Å². The summed E-state index contributed by atoms with van der Waals surface area (Å²) in [5.41, 5.74) is -5.36. The van der Waals surface area contributed by atoms with Gasteiger partial charge in [-0.2, -0.15) is 26.3 Å². The van der Waals surface area contributed by atoms with Crippen LogP contribution in [-0.4, -0.2) is 12.6 Å². The molecule has 0 aliphatic heterocycles. The van der Waals surface area contributed by atoms with Crippen molar-refractivity contribution in [2.24, 2.45) is 0 Å². The number of rotatable bonds is 2. The van der Waals surface area contributed by atoms with Crippen LogP contribution in [0.25, 0.3) is 0 Å². The number of esters is 1. The summed E-state index contributed by atoms with van der Waals surface area (Å²) in [5.74, 6) is -3.87. The van der Waals surface area contributed by atoms with Crippen LogP contribution in [0.3, 0.4) is 0 Å². The van der Waals surface area contributed by atoms with Crippen LogP contribution in [0.1, 0.15) is 28.4 Å². The number of hydrogen-bond donors (Lipinski definition) is 0. The first-order valence-electron chi connectivity index (χ1n) is 5.13. The highest BCUT2D eigenvalue weighted by Gasteiger charge is 2.42. The molecule has 2 nitrogen and oxygen atoms in total. The number of benzene rings is 1. The van der Waals surface area contributed by atoms with Crippen LogP contribution >= 0.6 is 0 Å². The van der Waals surface area contributed by atoms with Crippen molar-refractivity contribution in [3.8, 4) is 0 Å². The molecule has 0 atom stereocenters. The summed E-state index contributed by atoms with van der Waals surface area (Å²) in [7, 11) is 0. The first-order chi connectivity index (χ1) is 8.98. The quantitative estimate of drug-likeness (QED) is 0.609. The molecule has 0 radical (unpaired) electrons. The second kappa shape index (κ2) is 5.29. The summed E-state index contributed by atoms with van der Waals surface area (Å²) in [6, 6.07) is -0.0227. The molecule has 1 aromatic carbocycles. The molecule has 0 heterocycles. The predicted molar refractivity (Wildman–Crippen MR) is 52.4 cm³/mol. The lowest BCUT2D eigenvalue weighted by Gasteiger charge is -2.15. The van der Waals surface area contributed by atoms with Crippen LogP contribution in [-0.2, 0) is 17.1 Å². The lowest BCUT2D eigenvalue weighted by Crippen LogP contribution is -2.18. The fraction of sp³-hybridized carbons (Fsp3) is 0.364. The Morgan fingerprint density at radius 2 is 1.45 bits per heavy atom. The highest BCUT2D eigenvalue weighted by Crippen LogP contribution is 2.39. The Morgan fingerprint density at radius 3 is 1.75 bits per heavy atom. The van der Waals surface area contributed by atoms with Crippen LogP contribution in [0.2, 0.25) is 0 Å². The number of carbonyl (C=O) groups excluding carboxylic acids is 1. The van der Waals surface area contributed by atoms with E-state index in [9.17, 15) is 35.5 Å². The van der Waals surface area contributed by atoms with Gasteiger partial charge in [0.1, 0.15) is 5.82 Å². The average Bonchev–Trinajstić information content (AvgIpc) is 2.26. The van der Waals surface area contributed by atoms with E-state index < -0.39 is 40.8 Å². The van der Waals surface area contributed by atoms with Crippen molar-refractivity contribution in [1.29, 1.82) is 0 Å². The molecule has 0 spiro atoms. The standard InChI is InChI=1S/C11H7F7O2/c1-2-20-9(19)5-3-6(10(13,14)15)8(12)7(4-5)11(16,17)18/h3-4H,2H2,1H3. The van der Waals surface area contributed by atoms with Crippen molar-refractivity contribution in [2.45, 2.75) is 19.3 Å². The molecule has 0 aromatic heterocycles. The van der Waals surface area contributed by atoms with Gasteiger partial charge in [0, 0.05) is 0 Å². The van der Waals surface area contributed by atoms with E-state index in [-0.39, 0.29) is 18.7 Å². The first-order valence-corrected chi connectivity index (χ1v) is 5.13. The summed E-state index contributed by atoms with van der Waals surface area (Å²) in [4.78, 5) is 11.2. The van der Waals surface area contributed by atoms with E-state index in [0.29, 0.717) is 0 Å². The summed E-state index contributed by atoms with van der Waals surface area (Å²) in [6.07, 6.45) is -10.7. The zero-order chi connectivity index (χ0) is 15.7. The van der Waals surface area contributed by atoms with Gasteiger partial charge in [-0.15, -0.1) is 0 Å². The fourth-order valence-electron chi connectivity index (χ4n) is 1.37. The van der Waals surface area contributed by atoms with Gasteiger partial charge in [-0.05, 0) is 19.1 Å². The molecule has 1 rings (SSSR count). The van der Waals surface area contributed by atoms with Crippen molar-refractivity contribution in [3.05, 3.63) is 34.6 Å². The maximum Gasteiger partial charge on any atom is 0.419 e. The summed E-state index contributed by atoms with van der Waals surface area (Å²) in [6.45, 7) is 1.07. The maximum atomic E-state index is 13.3. The first kappa shape index (κ1) is 16.3. The summed E-state index contributed by atoms with van der Waals surface area (Å²) in [5, 5.41) is 0. The third-order valence-electron chi connectivity index (χ3n) is 2.19. The monoisotopic (exact) mass is 304 g/mol. The van der Waals surface area contributed by atoms with E-state index in [0.717, 1.165) is 0 Å². The minimum absolute atomic E-state index is 0.0113. The molecule has 0 saturated heterocycles. The molecule has 0 saturated carbocycles. The third-order valence-corrected chi connectivity index (χ3v) is 2.19. The van der Waals surface area contributed by atoms with E-state index >= 15 is 0 Å². The molecule has 0 amide bonds. The van der Waals surface area contributed by atoms with Crippen molar-refractivity contribution in [1.82, 2.24) is 0 Å². The van der Waals surface area contributed by atoms with E-state index in [1.54, 1.807) is 0 Å². The zero-order valence-electron chi connectivity index (χ0n) is 9.82. The van der Waals surface area contributed by atoms with Crippen LogP contribution in [0.4, 0.5) is 30.7 Å². The highest BCUT2D eigenvalue weighted by molar-refractivity contribution is 5.90. The molecule has 0 bridgehead atoms. The van der Waals surface area contributed by atoms with Gasteiger partial charge >= 0.3 is 18.3 Å². The van der Waals surface area contributed by atoms with Gasteiger partial charge in [0.05, 0.1) is 23.3 Å². The number of halogens is 7. The van der Waals surface area contributed by atoms with Gasteiger partial charge < -0.3 is 4.74 Å². The smallest absolute Gasteiger partial charge is 0.419 e. The number of alkyl halides is 6. The molecular weight excluding hydrogens is 297 g/mol. The largest absolute Gasteiger partial charge is 0.462 e. The summed E-state index contributed by atoms with van der Waals surface area (Å²) >= 11 is 0. The second-order valence-corrected chi connectivity index (χ2v) is 3.60. The minimum atomic E-state index is -5.37. The maximum absolute atomic E-state index is 13.3. The molecular formula is C11H7F7O2. The van der Waals surface area contributed by atoms with Crippen LogP contribution < -0.4 is 0 Å². The molecule has 0 aliphatic carbocycles. The lowest BCUT2D eigenvalue weighted by molar-refractivity contribution is -0.147. The van der Waals surface area contributed by atoms with Crippen molar-refractivity contribution >= 4 is 5.97 Å².